The number of phenolic OH excluding ortho intramolecular Hbond substituents is 2. The van der Waals surface area contributed by atoms with E-state index in [9.17, 15) is 49.1 Å². The van der Waals surface area contributed by atoms with Crippen molar-refractivity contribution in [2.75, 3.05) is 0 Å². The summed E-state index contributed by atoms with van der Waals surface area (Å²) in [6.45, 7) is 0. The van der Waals surface area contributed by atoms with Crippen LogP contribution in [0.5, 0.6) is 11.5 Å². The fraction of sp³-hybridized carbons (Fsp3) is 0. The molecule has 0 saturated heterocycles. The highest BCUT2D eigenvalue weighted by molar-refractivity contribution is 7.86. The second-order valence-corrected chi connectivity index (χ2v) is 17.4. The van der Waals surface area contributed by atoms with Gasteiger partial charge in [-0.2, -0.15) is 25.3 Å². The number of hydrogen-bond donors (Lipinski definition) is 5. The Kier molecular flexibility index (Phi) is 9.90. The molecule has 300 valence electrons. The number of rotatable bonds is 9. The maximum Gasteiger partial charge on any atom is 0.294 e. The van der Waals surface area contributed by atoms with Gasteiger partial charge in [-0.25, -0.2) is 0 Å². The van der Waals surface area contributed by atoms with Gasteiger partial charge in [-0.1, -0.05) is 42.5 Å². The Morgan fingerprint density at radius 2 is 0.683 bits per heavy atom. The third-order valence-corrected chi connectivity index (χ3v) is 11.9. The minimum Gasteiger partial charge on any atom is -0.507 e. The number of benzene rings is 8. The lowest BCUT2D eigenvalue weighted by Crippen LogP contribution is -1.97. The van der Waals surface area contributed by atoms with Crippen LogP contribution in [0, 0.1) is 0 Å². The van der Waals surface area contributed by atoms with E-state index < -0.39 is 45.0 Å². The number of fused-ring (bicyclic) bond motifs is 4. The highest BCUT2D eigenvalue weighted by Crippen LogP contribution is 2.42. The zero-order valence-electron chi connectivity index (χ0n) is 30.2. The largest absolute Gasteiger partial charge is 0.507 e. The molecule has 0 radical (unpaired) electrons. The van der Waals surface area contributed by atoms with Crippen molar-refractivity contribution < 1.29 is 49.1 Å². The fourth-order valence-corrected chi connectivity index (χ4v) is 8.03. The summed E-state index contributed by atoms with van der Waals surface area (Å²) in [7, 11) is -13.9. The van der Waals surface area contributed by atoms with Crippen LogP contribution in [0.3, 0.4) is 0 Å². The van der Waals surface area contributed by atoms with Gasteiger partial charge in [0.25, 0.3) is 30.4 Å². The van der Waals surface area contributed by atoms with E-state index in [1.165, 1.54) is 66.7 Å². The van der Waals surface area contributed by atoms with Crippen LogP contribution in [0.1, 0.15) is 0 Å². The first-order valence-corrected chi connectivity index (χ1v) is 21.6. The van der Waals surface area contributed by atoms with Gasteiger partial charge in [0.1, 0.15) is 11.5 Å². The summed E-state index contributed by atoms with van der Waals surface area (Å²) in [5, 5.41) is 49.6. The molecule has 0 saturated carbocycles. The topological polar surface area (TPSA) is 278 Å². The summed E-state index contributed by atoms with van der Waals surface area (Å²) >= 11 is 0. The minimum atomic E-state index is -4.70. The second-order valence-electron chi connectivity index (χ2n) is 13.1. The van der Waals surface area contributed by atoms with Gasteiger partial charge in [0.05, 0.1) is 54.2 Å². The van der Waals surface area contributed by atoms with Crippen molar-refractivity contribution in [3.8, 4) is 11.5 Å². The molecule has 5 N–H and O–H groups in total. The molecule has 8 aromatic carbocycles. The molecule has 8 rings (SSSR count). The molecule has 0 unspecified atom stereocenters. The molecule has 0 aliphatic rings. The van der Waals surface area contributed by atoms with Crippen molar-refractivity contribution in [1.29, 1.82) is 0 Å². The highest BCUT2D eigenvalue weighted by Gasteiger charge is 2.18. The van der Waals surface area contributed by atoms with Crippen LogP contribution in [0.2, 0.25) is 0 Å². The van der Waals surface area contributed by atoms with E-state index in [0.717, 1.165) is 29.7 Å². The van der Waals surface area contributed by atoms with Crippen LogP contribution < -0.4 is 0 Å². The first kappa shape index (κ1) is 39.7. The summed E-state index contributed by atoms with van der Waals surface area (Å²) in [4.78, 5) is -1.36. The van der Waals surface area contributed by atoms with E-state index in [1.807, 2.05) is 12.1 Å². The van der Waals surface area contributed by atoms with Crippen molar-refractivity contribution in [1.82, 2.24) is 0 Å². The minimum absolute atomic E-state index is 0.00315. The van der Waals surface area contributed by atoms with Gasteiger partial charge in [0.15, 0.2) is 0 Å². The van der Waals surface area contributed by atoms with Crippen molar-refractivity contribution in [3.05, 3.63) is 127 Å². The van der Waals surface area contributed by atoms with E-state index in [0.29, 0.717) is 21.8 Å². The predicted molar refractivity (Wildman–Crippen MR) is 221 cm³/mol. The maximum absolute atomic E-state index is 12.2. The average molecular weight is 863 g/mol. The number of azo groups is 3. The Labute approximate surface area is 339 Å². The zero-order chi connectivity index (χ0) is 42.6. The zero-order valence-corrected chi connectivity index (χ0v) is 32.7. The van der Waals surface area contributed by atoms with Gasteiger partial charge in [0, 0.05) is 32.3 Å². The normalized spacial score (nSPS) is 12.9. The number of hydrogen-bond acceptors (Lipinski definition) is 14. The van der Waals surface area contributed by atoms with Crippen molar-refractivity contribution in [2.45, 2.75) is 14.7 Å². The molecule has 20 heteroatoms. The molecule has 0 atom stereocenters. The first-order valence-electron chi connectivity index (χ1n) is 17.2. The molecule has 0 aliphatic heterocycles. The van der Waals surface area contributed by atoms with Crippen LogP contribution in [-0.4, -0.2) is 49.1 Å². The fourth-order valence-electron chi connectivity index (χ4n) is 6.51. The third-order valence-electron chi connectivity index (χ3n) is 9.38. The van der Waals surface area contributed by atoms with Gasteiger partial charge >= 0.3 is 0 Å². The van der Waals surface area contributed by atoms with Crippen LogP contribution in [0.4, 0.5) is 34.1 Å². The van der Waals surface area contributed by atoms with E-state index >= 15 is 0 Å². The predicted octanol–water partition coefficient (Wildman–Crippen LogP) is 10.7. The molecule has 0 amide bonds. The molecule has 8 aromatic rings. The van der Waals surface area contributed by atoms with Gasteiger partial charge < -0.3 is 10.2 Å². The van der Waals surface area contributed by atoms with Crippen LogP contribution in [0.25, 0.3) is 43.1 Å². The summed E-state index contributed by atoms with van der Waals surface area (Å²) in [6.07, 6.45) is 0. The monoisotopic (exact) mass is 862 g/mol. The number of nitrogens with zero attached hydrogens (tertiary/aromatic N) is 6. The molecule has 0 aliphatic carbocycles. The highest BCUT2D eigenvalue weighted by atomic mass is 32.2. The maximum atomic E-state index is 12.2. The Morgan fingerprint density at radius 1 is 0.333 bits per heavy atom. The van der Waals surface area contributed by atoms with Crippen molar-refractivity contribution in [2.24, 2.45) is 30.7 Å². The second kappa shape index (κ2) is 14.9. The summed E-state index contributed by atoms with van der Waals surface area (Å²) in [6, 6.07) is 29.9. The number of aromatic hydroxyl groups is 2. The molecule has 60 heavy (non-hydrogen) atoms. The summed E-state index contributed by atoms with van der Waals surface area (Å²) in [5.41, 5.74) is 1.24. The Hall–Kier alpha value is -7.07. The molecule has 0 spiro atoms. The standard InChI is InChI=1S/C40H26N6O11S3/c47-38-18-17-34(28-12-9-25(21-31(28)38)60(55,56)57)42-45-36-15-13-32(26-10-7-23(19-29(26)36)58(49,50)51)41-44-35-16-14-33(27-11-8-24(20-30(27)35)59(52,53)54)43-46-37-5-1-3-22-4-2-6-39(48)40(22)37/h1-21,47-48H,(H,49,50,51)(H,52,53,54)(H,55,56,57). The van der Waals surface area contributed by atoms with Crippen molar-refractivity contribution in [3.63, 3.8) is 0 Å². The van der Waals surface area contributed by atoms with Gasteiger partial charge in [-0.05, 0) is 90.3 Å². The van der Waals surface area contributed by atoms with Crippen LogP contribution >= 0.6 is 0 Å². The van der Waals surface area contributed by atoms with E-state index in [1.54, 1.807) is 24.3 Å². The van der Waals surface area contributed by atoms with E-state index in [4.69, 9.17) is 0 Å². The van der Waals surface area contributed by atoms with Gasteiger partial charge in [-0.3, -0.25) is 13.7 Å². The molecular formula is C40H26N6O11S3. The Morgan fingerprint density at radius 3 is 1.12 bits per heavy atom. The Bertz CT molecular complexity index is 3560. The molecule has 0 aromatic heterocycles. The SMILES string of the molecule is O=S(=O)(O)c1ccc2c(N=Nc3ccc(N=Nc4ccc(N=Nc5cccc6cccc(O)c56)c5ccc(S(=O)(=O)O)cc45)c4ccc(S(=O)(=O)O)cc34)ccc(O)c2c1. The quantitative estimate of drug-likeness (QED) is 0.0672. The lowest BCUT2D eigenvalue weighted by molar-refractivity contribution is 0.479. The summed E-state index contributed by atoms with van der Waals surface area (Å²) < 4.78 is 101. The number of phenols is 2. The molecule has 0 heterocycles. The van der Waals surface area contributed by atoms with Crippen LogP contribution in [-0.2, 0) is 30.4 Å². The smallest absolute Gasteiger partial charge is 0.294 e. The van der Waals surface area contributed by atoms with E-state index in [2.05, 4.69) is 30.7 Å². The molecule has 17 nitrogen and oxygen atoms in total. The molecule has 0 fully saturated rings. The molecule has 0 bridgehead atoms. The average Bonchev–Trinajstić information content (AvgIpc) is 3.21. The van der Waals surface area contributed by atoms with Crippen LogP contribution in [0.15, 0.2) is 173 Å². The van der Waals surface area contributed by atoms with E-state index in [-0.39, 0.29) is 61.5 Å². The lowest BCUT2D eigenvalue weighted by Gasteiger charge is -2.09. The summed E-state index contributed by atoms with van der Waals surface area (Å²) in [5.74, 6) is -0.293. The lowest BCUT2D eigenvalue weighted by atomic mass is 10.1. The third kappa shape index (κ3) is 7.76. The van der Waals surface area contributed by atoms with Gasteiger partial charge in [-0.15, -0.1) is 30.7 Å². The Balaban J connectivity index is 1.22. The molecular weight excluding hydrogens is 837 g/mol. The van der Waals surface area contributed by atoms with Crippen molar-refractivity contribution >= 4 is 108 Å². The first-order chi connectivity index (χ1) is 28.5. The van der Waals surface area contributed by atoms with Gasteiger partial charge in [0.2, 0.25) is 0 Å².